The number of aryl methyl sites for hydroxylation is 1. The molecule has 2 unspecified atom stereocenters. The minimum Gasteiger partial charge on any atom is -0.391 e. The highest BCUT2D eigenvalue weighted by molar-refractivity contribution is 5.85. The lowest BCUT2D eigenvalue weighted by Crippen LogP contribution is -2.24. The van der Waals surface area contributed by atoms with E-state index in [1.807, 2.05) is 11.6 Å². The summed E-state index contributed by atoms with van der Waals surface area (Å²) in [5, 5.41) is 15.4. The molecule has 0 aromatic carbocycles. The van der Waals surface area contributed by atoms with Gasteiger partial charge in [-0.1, -0.05) is 19.3 Å². The van der Waals surface area contributed by atoms with Gasteiger partial charge in [-0.3, -0.25) is 0 Å². The van der Waals surface area contributed by atoms with Crippen LogP contribution in [0, 0.1) is 6.92 Å². The number of anilines is 1. The molecule has 6 nitrogen and oxygen atoms in total. The van der Waals surface area contributed by atoms with Crippen LogP contribution in [-0.4, -0.2) is 31.0 Å². The monoisotopic (exact) mass is 261 g/mol. The van der Waals surface area contributed by atoms with Crippen molar-refractivity contribution < 1.29 is 5.11 Å². The molecule has 1 aliphatic carbocycles. The number of nitrogen functional groups attached to an aromatic ring is 1. The van der Waals surface area contributed by atoms with Gasteiger partial charge in [0.1, 0.15) is 11.6 Å². The number of nitrogens with two attached hydrogens (primary N) is 1. The van der Waals surface area contributed by atoms with Gasteiger partial charge in [-0.25, -0.2) is 14.6 Å². The number of aliphatic hydroxyl groups excluding tert-OH is 1. The van der Waals surface area contributed by atoms with Crippen LogP contribution in [0.1, 0.15) is 44.0 Å². The molecule has 19 heavy (non-hydrogen) atoms. The van der Waals surface area contributed by atoms with Crippen LogP contribution in [0.15, 0.2) is 6.20 Å². The van der Waals surface area contributed by atoms with Gasteiger partial charge in [-0.15, -0.1) is 0 Å². The Balaban J connectivity index is 2.09. The highest BCUT2D eigenvalue weighted by Crippen LogP contribution is 2.30. The number of rotatable bonds is 1. The predicted octanol–water partition coefficient (Wildman–Crippen LogP) is 1.58. The first kappa shape index (κ1) is 12.3. The molecule has 0 spiro atoms. The maximum absolute atomic E-state index is 10.3. The number of hydrogen-bond donors (Lipinski definition) is 2. The third-order valence-corrected chi connectivity index (χ3v) is 3.85. The van der Waals surface area contributed by atoms with Crippen LogP contribution in [0.2, 0.25) is 0 Å². The Morgan fingerprint density at radius 1 is 1.26 bits per heavy atom. The number of fused-ring (bicyclic) bond motifs is 1. The lowest BCUT2D eigenvalue weighted by atomic mass is 10.1. The molecule has 102 valence electrons. The summed E-state index contributed by atoms with van der Waals surface area (Å²) in [6, 6.07) is -0.00583. The van der Waals surface area contributed by atoms with Gasteiger partial charge >= 0.3 is 0 Å². The third kappa shape index (κ3) is 2.16. The second-order valence-electron chi connectivity index (χ2n) is 5.26. The molecule has 1 aliphatic rings. The van der Waals surface area contributed by atoms with Crippen molar-refractivity contribution in [3.8, 4) is 0 Å². The molecule has 2 aromatic rings. The second-order valence-corrected chi connectivity index (χ2v) is 5.26. The molecule has 0 aliphatic heterocycles. The van der Waals surface area contributed by atoms with Crippen molar-refractivity contribution in [2.45, 2.75) is 51.2 Å². The van der Waals surface area contributed by atoms with E-state index >= 15 is 0 Å². The molecule has 2 aromatic heterocycles. The van der Waals surface area contributed by atoms with Gasteiger partial charge in [0.15, 0.2) is 5.65 Å². The zero-order chi connectivity index (χ0) is 13.4. The van der Waals surface area contributed by atoms with Crippen molar-refractivity contribution >= 4 is 16.9 Å². The Morgan fingerprint density at radius 2 is 2.05 bits per heavy atom. The molecule has 0 amide bonds. The average Bonchev–Trinajstić information content (AvgIpc) is 2.66. The molecular formula is C13H19N5O. The van der Waals surface area contributed by atoms with Gasteiger partial charge < -0.3 is 10.8 Å². The summed E-state index contributed by atoms with van der Waals surface area (Å²) in [4.78, 5) is 8.58. The summed E-state index contributed by atoms with van der Waals surface area (Å²) in [6.07, 6.45) is 6.45. The third-order valence-electron chi connectivity index (χ3n) is 3.85. The van der Waals surface area contributed by atoms with Crippen molar-refractivity contribution in [1.29, 1.82) is 0 Å². The normalized spacial score (nSPS) is 24.5. The molecule has 1 fully saturated rings. The van der Waals surface area contributed by atoms with E-state index in [1.165, 1.54) is 6.42 Å². The highest BCUT2D eigenvalue weighted by Gasteiger charge is 2.26. The summed E-state index contributed by atoms with van der Waals surface area (Å²) >= 11 is 0. The maximum atomic E-state index is 10.3. The summed E-state index contributed by atoms with van der Waals surface area (Å²) in [7, 11) is 0. The predicted molar refractivity (Wildman–Crippen MR) is 72.6 cm³/mol. The molecule has 1 saturated carbocycles. The molecule has 0 bridgehead atoms. The van der Waals surface area contributed by atoms with E-state index in [4.69, 9.17) is 5.73 Å². The van der Waals surface area contributed by atoms with E-state index in [2.05, 4.69) is 15.1 Å². The van der Waals surface area contributed by atoms with Gasteiger partial charge in [0.2, 0.25) is 0 Å². The van der Waals surface area contributed by atoms with Crippen molar-refractivity contribution in [2.24, 2.45) is 0 Å². The molecule has 2 atom stereocenters. The molecule has 0 saturated heterocycles. The zero-order valence-electron chi connectivity index (χ0n) is 11.1. The minimum atomic E-state index is -0.359. The van der Waals surface area contributed by atoms with Gasteiger partial charge in [0.25, 0.3) is 0 Å². The fraction of sp³-hybridized carbons (Fsp3) is 0.615. The second kappa shape index (κ2) is 4.77. The smallest absolute Gasteiger partial charge is 0.163 e. The Hall–Kier alpha value is -1.69. The molecule has 2 heterocycles. The lowest BCUT2D eigenvalue weighted by molar-refractivity contribution is 0.101. The van der Waals surface area contributed by atoms with Gasteiger partial charge in [0, 0.05) is 0 Å². The first-order valence-electron chi connectivity index (χ1n) is 6.82. The van der Waals surface area contributed by atoms with E-state index in [0.29, 0.717) is 11.6 Å². The zero-order valence-corrected chi connectivity index (χ0v) is 11.1. The van der Waals surface area contributed by atoms with E-state index in [9.17, 15) is 5.11 Å². The molecule has 6 heteroatoms. The van der Waals surface area contributed by atoms with Crippen molar-refractivity contribution in [1.82, 2.24) is 19.7 Å². The van der Waals surface area contributed by atoms with Gasteiger partial charge in [0.05, 0.1) is 23.7 Å². The Labute approximate surface area is 111 Å². The number of hydrogen-bond acceptors (Lipinski definition) is 5. The maximum Gasteiger partial charge on any atom is 0.163 e. The van der Waals surface area contributed by atoms with Crippen LogP contribution in [0.5, 0.6) is 0 Å². The minimum absolute atomic E-state index is 0.00583. The lowest BCUT2D eigenvalue weighted by Gasteiger charge is -2.21. The largest absolute Gasteiger partial charge is 0.391 e. The molecule has 3 rings (SSSR count). The Morgan fingerprint density at radius 3 is 2.89 bits per heavy atom. The van der Waals surface area contributed by atoms with Crippen molar-refractivity contribution in [3.05, 3.63) is 12.0 Å². The van der Waals surface area contributed by atoms with Crippen LogP contribution in [-0.2, 0) is 0 Å². The highest BCUT2D eigenvalue weighted by atomic mass is 16.3. The van der Waals surface area contributed by atoms with Crippen LogP contribution >= 0.6 is 0 Å². The molecular weight excluding hydrogens is 242 g/mol. The summed E-state index contributed by atoms with van der Waals surface area (Å²) in [6.45, 7) is 1.82. The SMILES string of the molecule is Cc1nc(N)c2cnn(C3CCCCCC3O)c2n1. The first-order valence-corrected chi connectivity index (χ1v) is 6.82. The van der Waals surface area contributed by atoms with Crippen LogP contribution in [0.4, 0.5) is 5.82 Å². The van der Waals surface area contributed by atoms with E-state index < -0.39 is 0 Å². The number of aromatic nitrogens is 4. The number of nitrogens with zero attached hydrogens (tertiary/aromatic N) is 4. The quantitative estimate of drug-likeness (QED) is 0.761. The topological polar surface area (TPSA) is 89.8 Å². The van der Waals surface area contributed by atoms with Crippen molar-refractivity contribution in [3.63, 3.8) is 0 Å². The Bertz CT molecular complexity index is 594. The van der Waals surface area contributed by atoms with Gasteiger partial charge in [-0.05, 0) is 19.8 Å². The Kier molecular flexibility index (Phi) is 3.10. The first-order chi connectivity index (χ1) is 9.16. The summed E-state index contributed by atoms with van der Waals surface area (Å²) < 4.78 is 1.83. The average molecular weight is 261 g/mol. The van der Waals surface area contributed by atoms with Crippen LogP contribution in [0.25, 0.3) is 11.0 Å². The van der Waals surface area contributed by atoms with E-state index in [1.54, 1.807) is 6.20 Å². The molecule has 3 N–H and O–H groups in total. The molecule has 0 radical (unpaired) electrons. The van der Waals surface area contributed by atoms with Gasteiger partial charge in [-0.2, -0.15) is 5.10 Å². The van der Waals surface area contributed by atoms with Crippen LogP contribution < -0.4 is 5.73 Å². The van der Waals surface area contributed by atoms with E-state index in [-0.39, 0.29) is 12.1 Å². The summed E-state index contributed by atoms with van der Waals surface area (Å²) in [5.41, 5.74) is 6.63. The van der Waals surface area contributed by atoms with E-state index in [0.717, 1.165) is 36.7 Å². The van der Waals surface area contributed by atoms with Crippen LogP contribution in [0.3, 0.4) is 0 Å². The number of aliphatic hydroxyl groups is 1. The summed E-state index contributed by atoms with van der Waals surface area (Å²) in [5.74, 6) is 1.09. The fourth-order valence-corrected chi connectivity index (χ4v) is 2.86. The fourth-order valence-electron chi connectivity index (χ4n) is 2.86. The standard InChI is InChI=1S/C13H19N5O/c1-8-16-12(14)9-7-15-18(13(9)17-8)10-5-3-2-4-6-11(10)19/h7,10-11,19H,2-6H2,1H3,(H2,14,16,17). The van der Waals surface area contributed by atoms with Crippen molar-refractivity contribution in [2.75, 3.05) is 5.73 Å².